The summed E-state index contributed by atoms with van der Waals surface area (Å²) in [6, 6.07) is 0. The predicted molar refractivity (Wildman–Crippen MR) is 72.3 cm³/mol. The first kappa shape index (κ1) is 14.3. The van der Waals surface area contributed by atoms with Crippen molar-refractivity contribution in [3.05, 3.63) is 0 Å². The van der Waals surface area contributed by atoms with Gasteiger partial charge in [0.25, 0.3) is 0 Å². The van der Waals surface area contributed by atoms with Gasteiger partial charge in [0, 0.05) is 38.5 Å². The van der Waals surface area contributed by atoms with Crippen molar-refractivity contribution in [2.75, 3.05) is 26.2 Å². The van der Waals surface area contributed by atoms with Crippen LogP contribution in [0.3, 0.4) is 0 Å². The summed E-state index contributed by atoms with van der Waals surface area (Å²) in [4.78, 5) is 25.1. The van der Waals surface area contributed by atoms with Crippen LogP contribution in [0.5, 0.6) is 0 Å². The van der Waals surface area contributed by atoms with Gasteiger partial charge in [-0.2, -0.15) is 0 Å². The van der Waals surface area contributed by atoms with E-state index in [1.807, 2.05) is 4.90 Å². The Hall–Kier alpha value is -1.10. The van der Waals surface area contributed by atoms with E-state index >= 15 is 0 Å². The number of rotatable bonds is 4. The summed E-state index contributed by atoms with van der Waals surface area (Å²) in [5, 5.41) is 4.40. The zero-order chi connectivity index (χ0) is 13.7. The summed E-state index contributed by atoms with van der Waals surface area (Å²) in [6.45, 7) is 3.28. The molecular formula is C14H24N3O2. The van der Waals surface area contributed by atoms with Gasteiger partial charge in [0.2, 0.25) is 11.8 Å². The zero-order valence-corrected chi connectivity index (χ0v) is 11.5. The molecule has 2 aliphatic heterocycles. The van der Waals surface area contributed by atoms with Gasteiger partial charge in [0.15, 0.2) is 0 Å². The minimum Gasteiger partial charge on any atom is -0.369 e. The number of primary amides is 1. The molecule has 2 N–H and O–H groups in total. The molecule has 5 heteroatoms. The first-order valence-electron chi connectivity index (χ1n) is 7.37. The fourth-order valence-electron chi connectivity index (χ4n) is 2.99. The Morgan fingerprint density at radius 2 is 1.95 bits per heavy atom. The molecular weight excluding hydrogens is 242 g/mol. The van der Waals surface area contributed by atoms with Crippen LogP contribution in [0.15, 0.2) is 0 Å². The van der Waals surface area contributed by atoms with E-state index in [0.29, 0.717) is 25.4 Å². The van der Waals surface area contributed by atoms with Crippen LogP contribution in [0, 0.1) is 11.8 Å². The van der Waals surface area contributed by atoms with Gasteiger partial charge in [-0.25, -0.2) is 5.32 Å². The Labute approximate surface area is 114 Å². The number of carbonyl (C=O) groups is 2. The lowest BCUT2D eigenvalue weighted by Gasteiger charge is -2.31. The number of hydrogen-bond acceptors (Lipinski definition) is 2. The van der Waals surface area contributed by atoms with Crippen LogP contribution in [0.25, 0.3) is 0 Å². The molecule has 0 bridgehead atoms. The maximum Gasteiger partial charge on any atom is 0.222 e. The van der Waals surface area contributed by atoms with Gasteiger partial charge >= 0.3 is 0 Å². The molecule has 2 aliphatic rings. The molecule has 107 valence electrons. The number of amides is 2. The molecule has 1 unspecified atom stereocenters. The molecule has 0 aliphatic carbocycles. The highest BCUT2D eigenvalue weighted by molar-refractivity contribution is 5.78. The van der Waals surface area contributed by atoms with Gasteiger partial charge in [0.05, 0.1) is 0 Å². The van der Waals surface area contributed by atoms with Crippen molar-refractivity contribution in [1.29, 1.82) is 0 Å². The minimum atomic E-state index is -0.226. The van der Waals surface area contributed by atoms with Crippen molar-refractivity contribution in [3.63, 3.8) is 0 Å². The lowest BCUT2D eigenvalue weighted by atomic mass is 9.93. The largest absolute Gasteiger partial charge is 0.369 e. The third-order valence-corrected chi connectivity index (χ3v) is 4.33. The highest BCUT2D eigenvalue weighted by Crippen LogP contribution is 2.20. The molecule has 2 heterocycles. The Morgan fingerprint density at radius 3 is 2.53 bits per heavy atom. The second-order valence-electron chi connectivity index (χ2n) is 5.73. The first-order valence-corrected chi connectivity index (χ1v) is 7.37. The number of nitrogens with zero attached hydrogens (tertiary/aromatic N) is 2. The maximum atomic E-state index is 12.1. The molecule has 0 aromatic carbocycles. The van der Waals surface area contributed by atoms with E-state index in [4.69, 9.17) is 5.73 Å². The van der Waals surface area contributed by atoms with E-state index < -0.39 is 0 Å². The highest BCUT2D eigenvalue weighted by atomic mass is 16.2. The van der Waals surface area contributed by atoms with E-state index in [2.05, 4.69) is 5.32 Å². The van der Waals surface area contributed by atoms with E-state index in [1.165, 1.54) is 12.8 Å². The molecule has 1 atom stereocenters. The topological polar surface area (TPSA) is 77.5 Å². The summed E-state index contributed by atoms with van der Waals surface area (Å²) in [5.41, 5.74) is 5.29. The van der Waals surface area contributed by atoms with Gasteiger partial charge < -0.3 is 10.6 Å². The van der Waals surface area contributed by atoms with E-state index in [9.17, 15) is 9.59 Å². The number of hydrogen-bond donors (Lipinski definition) is 1. The molecule has 2 amide bonds. The van der Waals surface area contributed by atoms with Crippen molar-refractivity contribution in [2.24, 2.45) is 17.6 Å². The molecule has 0 saturated carbocycles. The van der Waals surface area contributed by atoms with Crippen molar-refractivity contribution >= 4 is 11.8 Å². The lowest BCUT2D eigenvalue weighted by molar-refractivity contribution is -0.135. The molecule has 0 spiro atoms. The van der Waals surface area contributed by atoms with Crippen LogP contribution < -0.4 is 11.1 Å². The number of carbonyl (C=O) groups excluding carboxylic acids is 2. The van der Waals surface area contributed by atoms with Gasteiger partial charge in [-0.1, -0.05) is 0 Å². The second-order valence-corrected chi connectivity index (χ2v) is 5.73. The van der Waals surface area contributed by atoms with Crippen LogP contribution in [0.4, 0.5) is 0 Å². The Morgan fingerprint density at radius 1 is 1.21 bits per heavy atom. The van der Waals surface area contributed by atoms with Crippen LogP contribution in [-0.4, -0.2) is 42.9 Å². The smallest absolute Gasteiger partial charge is 0.222 e. The Balaban J connectivity index is 1.67. The van der Waals surface area contributed by atoms with Gasteiger partial charge in [-0.15, -0.1) is 0 Å². The molecule has 2 saturated heterocycles. The first-order chi connectivity index (χ1) is 9.16. The summed E-state index contributed by atoms with van der Waals surface area (Å²) in [6.07, 6.45) is 5.41. The number of likely N-dealkylation sites (tertiary alicyclic amines) is 1. The van der Waals surface area contributed by atoms with Crippen molar-refractivity contribution in [1.82, 2.24) is 10.2 Å². The second kappa shape index (κ2) is 6.89. The quantitative estimate of drug-likeness (QED) is 0.804. The maximum absolute atomic E-state index is 12.1. The molecule has 2 rings (SSSR count). The normalized spacial score (nSPS) is 25.3. The number of piperidine rings is 2. The summed E-state index contributed by atoms with van der Waals surface area (Å²) < 4.78 is 0. The Kier molecular flexibility index (Phi) is 5.19. The fourth-order valence-corrected chi connectivity index (χ4v) is 2.99. The highest BCUT2D eigenvalue weighted by Gasteiger charge is 2.26. The molecule has 19 heavy (non-hydrogen) atoms. The van der Waals surface area contributed by atoms with Crippen molar-refractivity contribution in [2.45, 2.75) is 38.5 Å². The molecule has 0 aromatic rings. The summed E-state index contributed by atoms with van der Waals surface area (Å²) in [5.74, 6) is 0.562. The van der Waals surface area contributed by atoms with Crippen LogP contribution in [0.1, 0.15) is 38.5 Å². The van der Waals surface area contributed by atoms with Crippen molar-refractivity contribution < 1.29 is 9.59 Å². The van der Waals surface area contributed by atoms with Gasteiger partial charge in [0.1, 0.15) is 0 Å². The minimum absolute atomic E-state index is 0.0406. The fraction of sp³-hybridized carbons (Fsp3) is 0.857. The molecule has 2 fully saturated rings. The standard InChI is InChI=1S/C14H24N3O2/c15-14(19)12-5-8-17(9-6-12)13(18)4-3-11-2-1-7-16-10-11/h11-12H,1-10H2,(H2,15,19). The van der Waals surface area contributed by atoms with E-state index in [-0.39, 0.29) is 17.7 Å². The van der Waals surface area contributed by atoms with Crippen LogP contribution in [-0.2, 0) is 9.59 Å². The monoisotopic (exact) mass is 266 g/mol. The van der Waals surface area contributed by atoms with Gasteiger partial charge in [-0.3, -0.25) is 9.59 Å². The number of nitrogens with two attached hydrogens (primary N) is 1. The summed E-state index contributed by atoms with van der Waals surface area (Å²) >= 11 is 0. The van der Waals surface area contributed by atoms with E-state index in [1.54, 1.807) is 0 Å². The van der Waals surface area contributed by atoms with Crippen LogP contribution in [0.2, 0.25) is 0 Å². The average molecular weight is 266 g/mol. The van der Waals surface area contributed by atoms with Crippen molar-refractivity contribution in [3.8, 4) is 0 Å². The molecule has 5 nitrogen and oxygen atoms in total. The summed E-state index contributed by atoms with van der Waals surface area (Å²) in [7, 11) is 0. The third-order valence-electron chi connectivity index (χ3n) is 4.33. The van der Waals surface area contributed by atoms with Gasteiger partial charge in [-0.05, 0) is 38.0 Å². The molecule has 0 aromatic heterocycles. The predicted octanol–water partition coefficient (Wildman–Crippen LogP) is 0.505. The Bertz CT molecular complexity index is 319. The zero-order valence-electron chi connectivity index (χ0n) is 11.5. The lowest BCUT2D eigenvalue weighted by Crippen LogP contribution is -2.41. The van der Waals surface area contributed by atoms with Crippen LogP contribution >= 0.6 is 0 Å². The van der Waals surface area contributed by atoms with E-state index in [0.717, 1.165) is 32.4 Å². The SMILES string of the molecule is NC(=O)C1CCN(C(=O)CCC2CCC[N]C2)CC1. The molecule has 1 radical (unpaired) electrons. The average Bonchev–Trinajstić information content (AvgIpc) is 2.46. The third kappa shape index (κ3) is 4.20.